The second-order valence-corrected chi connectivity index (χ2v) is 6.22. The van der Waals surface area contributed by atoms with Crippen LogP contribution in [0.4, 0.5) is 0 Å². The molecule has 0 aromatic carbocycles. The molecule has 0 bridgehead atoms. The summed E-state index contributed by atoms with van der Waals surface area (Å²) in [5.41, 5.74) is 4.24. The van der Waals surface area contributed by atoms with Gasteiger partial charge in [-0.1, -0.05) is 5.57 Å². The number of hydrogen-bond donors (Lipinski definition) is 0. The molecule has 3 heteroatoms. The first-order valence-electron chi connectivity index (χ1n) is 7.49. The van der Waals surface area contributed by atoms with E-state index in [2.05, 4.69) is 0 Å². The second-order valence-electron chi connectivity index (χ2n) is 6.22. The summed E-state index contributed by atoms with van der Waals surface area (Å²) in [6.45, 7) is 1.48. The maximum atomic E-state index is 11.7. The molecule has 1 unspecified atom stereocenters. The van der Waals surface area contributed by atoms with Crippen molar-refractivity contribution in [2.24, 2.45) is 5.92 Å². The molecule has 1 aliphatic heterocycles. The largest absolute Gasteiger partial charge is 0.348 e. The van der Waals surface area contributed by atoms with E-state index in [-0.39, 0.29) is 5.79 Å². The van der Waals surface area contributed by atoms with E-state index in [0.717, 1.165) is 38.9 Å². The molecule has 3 nitrogen and oxygen atoms in total. The molecule has 1 saturated carbocycles. The number of ether oxygens (including phenoxy) is 2. The fourth-order valence-corrected chi connectivity index (χ4v) is 4.26. The van der Waals surface area contributed by atoms with Crippen molar-refractivity contribution < 1.29 is 14.3 Å². The van der Waals surface area contributed by atoms with Crippen molar-refractivity contribution in [3.8, 4) is 0 Å². The normalized spacial score (nSPS) is 33.2. The molecule has 0 aromatic rings. The first-order valence-corrected chi connectivity index (χ1v) is 7.49. The zero-order valence-corrected chi connectivity index (χ0v) is 11.2. The first kappa shape index (κ1) is 11.9. The van der Waals surface area contributed by atoms with E-state index in [1.54, 1.807) is 5.57 Å². The van der Waals surface area contributed by atoms with Crippen LogP contribution in [0.15, 0.2) is 22.8 Å². The minimum Gasteiger partial charge on any atom is -0.348 e. The Balaban J connectivity index is 1.67. The van der Waals surface area contributed by atoms with E-state index < -0.39 is 0 Å². The Morgan fingerprint density at radius 1 is 1.21 bits per heavy atom. The minimum atomic E-state index is -0.300. The second kappa shape index (κ2) is 4.29. The fourth-order valence-electron chi connectivity index (χ4n) is 4.26. The summed E-state index contributed by atoms with van der Waals surface area (Å²) in [5, 5.41) is 0. The SMILES string of the molecule is O=C1C=C2CCCC3CC4(CCC3=C2C1)OCCO4. The highest BCUT2D eigenvalue weighted by atomic mass is 16.7. The summed E-state index contributed by atoms with van der Waals surface area (Å²) in [7, 11) is 0. The molecule has 19 heavy (non-hydrogen) atoms. The van der Waals surface area contributed by atoms with Crippen molar-refractivity contribution in [2.45, 2.75) is 50.7 Å². The summed E-state index contributed by atoms with van der Waals surface area (Å²) in [4.78, 5) is 11.7. The molecule has 0 radical (unpaired) electrons. The van der Waals surface area contributed by atoms with Crippen LogP contribution in [-0.2, 0) is 14.3 Å². The highest BCUT2D eigenvalue weighted by molar-refractivity contribution is 5.97. The summed E-state index contributed by atoms with van der Waals surface area (Å²) in [5.74, 6) is 0.566. The molecule has 0 N–H and O–H groups in total. The average Bonchev–Trinajstić information content (AvgIpc) is 2.94. The molecular weight excluding hydrogens is 240 g/mol. The van der Waals surface area contributed by atoms with Crippen LogP contribution in [-0.4, -0.2) is 24.8 Å². The minimum absolute atomic E-state index is 0.298. The zero-order chi connectivity index (χ0) is 12.9. The van der Waals surface area contributed by atoms with E-state index in [0.29, 0.717) is 18.1 Å². The third-order valence-corrected chi connectivity index (χ3v) is 5.10. The summed E-state index contributed by atoms with van der Waals surface area (Å²) >= 11 is 0. The first-order chi connectivity index (χ1) is 9.26. The fraction of sp³-hybridized carbons (Fsp3) is 0.688. The van der Waals surface area contributed by atoms with Crippen molar-refractivity contribution in [2.75, 3.05) is 13.2 Å². The lowest BCUT2D eigenvalue weighted by atomic mass is 9.77. The lowest BCUT2D eigenvalue weighted by Gasteiger charge is -2.38. The van der Waals surface area contributed by atoms with E-state index in [1.807, 2.05) is 6.08 Å². The Morgan fingerprint density at radius 3 is 2.89 bits per heavy atom. The van der Waals surface area contributed by atoms with Gasteiger partial charge in [-0.15, -0.1) is 0 Å². The van der Waals surface area contributed by atoms with Gasteiger partial charge in [0.05, 0.1) is 13.2 Å². The van der Waals surface area contributed by atoms with E-state index in [1.165, 1.54) is 24.0 Å². The van der Waals surface area contributed by atoms with Crippen molar-refractivity contribution in [1.82, 2.24) is 0 Å². The number of carbonyl (C=O) groups is 1. The van der Waals surface area contributed by atoms with Gasteiger partial charge in [0.15, 0.2) is 11.6 Å². The van der Waals surface area contributed by atoms with Crippen LogP contribution in [0.25, 0.3) is 0 Å². The molecule has 0 aromatic heterocycles. The Kier molecular flexibility index (Phi) is 2.68. The predicted octanol–water partition coefficient (Wildman–Crippen LogP) is 2.91. The molecule has 4 rings (SSSR count). The van der Waals surface area contributed by atoms with Crippen molar-refractivity contribution in [3.05, 3.63) is 22.8 Å². The molecule has 102 valence electrons. The Bertz CT molecular complexity index is 480. The smallest absolute Gasteiger partial charge is 0.169 e. The van der Waals surface area contributed by atoms with Crippen molar-refractivity contribution in [1.29, 1.82) is 0 Å². The highest BCUT2D eigenvalue weighted by Gasteiger charge is 2.44. The molecule has 4 aliphatic rings. The number of allylic oxidation sites excluding steroid dienone is 4. The van der Waals surface area contributed by atoms with Gasteiger partial charge in [-0.25, -0.2) is 0 Å². The summed E-state index contributed by atoms with van der Waals surface area (Å²) in [6, 6.07) is 0. The van der Waals surface area contributed by atoms with Gasteiger partial charge in [0, 0.05) is 19.3 Å². The van der Waals surface area contributed by atoms with Crippen LogP contribution in [0.1, 0.15) is 44.9 Å². The summed E-state index contributed by atoms with van der Waals surface area (Å²) in [6.07, 6.45) is 9.02. The zero-order valence-electron chi connectivity index (χ0n) is 11.2. The Labute approximate surface area is 113 Å². The van der Waals surface area contributed by atoms with Crippen LogP contribution in [0.3, 0.4) is 0 Å². The number of fused-ring (bicyclic) bond motifs is 2. The number of carbonyl (C=O) groups excluding carboxylic acids is 1. The van der Waals surface area contributed by atoms with Crippen LogP contribution >= 0.6 is 0 Å². The van der Waals surface area contributed by atoms with Gasteiger partial charge in [0.25, 0.3) is 0 Å². The third kappa shape index (κ3) is 1.91. The topological polar surface area (TPSA) is 35.5 Å². The molecule has 3 aliphatic carbocycles. The van der Waals surface area contributed by atoms with Gasteiger partial charge in [-0.05, 0) is 48.8 Å². The molecule has 2 fully saturated rings. The van der Waals surface area contributed by atoms with Gasteiger partial charge in [0.2, 0.25) is 0 Å². The van der Waals surface area contributed by atoms with Crippen LogP contribution in [0.5, 0.6) is 0 Å². The lowest BCUT2D eigenvalue weighted by molar-refractivity contribution is -0.180. The van der Waals surface area contributed by atoms with Gasteiger partial charge in [0.1, 0.15) is 0 Å². The van der Waals surface area contributed by atoms with E-state index >= 15 is 0 Å². The lowest BCUT2D eigenvalue weighted by Crippen LogP contribution is -2.37. The predicted molar refractivity (Wildman–Crippen MR) is 70.6 cm³/mol. The van der Waals surface area contributed by atoms with E-state index in [9.17, 15) is 4.79 Å². The molecule has 1 spiro atoms. The van der Waals surface area contributed by atoms with Crippen molar-refractivity contribution in [3.63, 3.8) is 0 Å². The Morgan fingerprint density at radius 2 is 2.05 bits per heavy atom. The summed E-state index contributed by atoms with van der Waals surface area (Å²) < 4.78 is 11.8. The number of ketones is 1. The average molecular weight is 260 g/mol. The van der Waals surface area contributed by atoms with E-state index in [4.69, 9.17) is 9.47 Å². The maximum absolute atomic E-state index is 11.7. The maximum Gasteiger partial charge on any atom is 0.169 e. The van der Waals surface area contributed by atoms with Gasteiger partial charge >= 0.3 is 0 Å². The quantitative estimate of drug-likeness (QED) is 0.672. The Hall–Kier alpha value is -0.930. The van der Waals surface area contributed by atoms with Gasteiger partial charge < -0.3 is 9.47 Å². The van der Waals surface area contributed by atoms with Gasteiger partial charge in [-0.2, -0.15) is 0 Å². The molecule has 1 heterocycles. The standard InChI is InChI=1S/C16H20O3/c17-13-8-11-2-1-3-12-10-16(18-6-7-19-16)5-4-14(12)15(11)9-13/h8,12H,1-7,9-10H2. The number of hydrogen-bond acceptors (Lipinski definition) is 3. The van der Waals surface area contributed by atoms with Crippen LogP contribution in [0, 0.1) is 5.92 Å². The third-order valence-electron chi connectivity index (χ3n) is 5.10. The highest BCUT2D eigenvalue weighted by Crippen LogP contribution is 2.48. The monoisotopic (exact) mass is 260 g/mol. The van der Waals surface area contributed by atoms with Crippen LogP contribution in [0.2, 0.25) is 0 Å². The molecule has 0 amide bonds. The van der Waals surface area contributed by atoms with Crippen LogP contribution < -0.4 is 0 Å². The molecule has 1 saturated heterocycles. The van der Waals surface area contributed by atoms with Crippen molar-refractivity contribution >= 4 is 5.78 Å². The molecular formula is C16H20O3. The number of rotatable bonds is 0. The van der Waals surface area contributed by atoms with Gasteiger partial charge in [-0.3, -0.25) is 4.79 Å². The molecule has 1 atom stereocenters.